The van der Waals surface area contributed by atoms with E-state index in [1.165, 1.54) is 0 Å². The van der Waals surface area contributed by atoms with Crippen LogP contribution in [-0.4, -0.2) is 39.7 Å². The van der Waals surface area contributed by atoms with Gasteiger partial charge in [0.1, 0.15) is 12.4 Å². The predicted molar refractivity (Wildman–Crippen MR) is 152 cm³/mol. The fraction of sp³-hybridized carbons (Fsp3) is 0.414. The zero-order valence-electron chi connectivity index (χ0n) is 22.7. The third-order valence-electron chi connectivity index (χ3n) is 6.07. The summed E-state index contributed by atoms with van der Waals surface area (Å²) in [5.74, 6) is 0.294. The van der Waals surface area contributed by atoms with Crippen molar-refractivity contribution in [3.63, 3.8) is 0 Å². The number of carbonyl (C=O) groups is 2. The molecular formula is C29H38ClN5O2. The number of amides is 3. The molecule has 198 valence electrons. The number of rotatable bonds is 9. The molecular weight excluding hydrogens is 486 g/mol. The summed E-state index contributed by atoms with van der Waals surface area (Å²) in [5.41, 5.74) is 4.40. The van der Waals surface area contributed by atoms with E-state index < -0.39 is 0 Å². The maximum absolute atomic E-state index is 13.2. The van der Waals surface area contributed by atoms with Crippen molar-refractivity contribution in [2.75, 3.05) is 23.7 Å². The van der Waals surface area contributed by atoms with Crippen LogP contribution in [0.5, 0.6) is 0 Å². The van der Waals surface area contributed by atoms with Crippen molar-refractivity contribution in [2.24, 2.45) is 0 Å². The molecule has 0 radical (unpaired) electrons. The number of hydrogen-bond acceptors (Lipinski definition) is 3. The smallest absolute Gasteiger partial charge is 0.315 e. The van der Waals surface area contributed by atoms with Crippen LogP contribution in [-0.2, 0) is 10.2 Å². The van der Waals surface area contributed by atoms with Gasteiger partial charge in [0, 0.05) is 28.7 Å². The molecule has 0 unspecified atom stereocenters. The molecule has 0 spiro atoms. The van der Waals surface area contributed by atoms with Gasteiger partial charge in [0.05, 0.1) is 11.4 Å². The maximum Gasteiger partial charge on any atom is 0.322 e. The van der Waals surface area contributed by atoms with E-state index in [2.05, 4.69) is 44.4 Å². The number of hydrogen-bond donors (Lipinski definition) is 2. The molecule has 8 heteroatoms. The van der Waals surface area contributed by atoms with Crippen LogP contribution in [0.4, 0.5) is 16.3 Å². The Balaban J connectivity index is 1.83. The van der Waals surface area contributed by atoms with Gasteiger partial charge in [-0.05, 0) is 56.2 Å². The van der Waals surface area contributed by atoms with Crippen LogP contribution in [0.3, 0.4) is 0 Å². The van der Waals surface area contributed by atoms with Crippen molar-refractivity contribution in [1.29, 1.82) is 0 Å². The summed E-state index contributed by atoms with van der Waals surface area (Å²) in [6.07, 6.45) is 2.80. The lowest BCUT2D eigenvalue weighted by Gasteiger charge is -2.23. The van der Waals surface area contributed by atoms with Gasteiger partial charge in [-0.25, -0.2) is 9.48 Å². The molecule has 0 aliphatic rings. The summed E-state index contributed by atoms with van der Waals surface area (Å²) in [5, 5.41) is 11.3. The maximum atomic E-state index is 13.2. The first-order valence-corrected chi connectivity index (χ1v) is 13.1. The van der Waals surface area contributed by atoms with E-state index in [1.54, 1.807) is 33.8 Å². The number of aryl methyl sites for hydroxylation is 2. The molecule has 1 aromatic heterocycles. The minimum Gasteiger partial charge on any atom is -0.315 e. The molecule has 3 amide bonds. The van der Waals surface area contributed by atoms with Crippen LogP contribution in [0.1, 0.15) is 63.8 Å². The highest BCUT2D eigenvalue weighted by Crippen LogP contribution is 2.28. The number of anilines is 2. The number of unbranched alkanes of at least 4 members (excludes halogenated alkanes) is 2. The number of halogens is 1. The van der Waals surface area contributed by atoms with Gasteiger partial charge in [-0.1, -0.05) is 69.8 Å². The minimum atomic E-state index is -0.327. The second kappa shape index (κ2) is 12.3. The average molecular weight is 524 g/mol. The number of urea groups is 1. The molecule has 0 atom stereocenters. The van der Waals surface area contributed by atoms with Gasteiger partial charge in [-0.2, -0.15) is 5.10 Å². The van der Waals surface area contributed by atoms with Gasteiger partial charge in [0.25, 0.3) is 0 Å². The largest absolute Gasteiger partial charge is 0.322 e. The van der Waals surface area contributed by atoms with Crippen molar-refractivity contribution < 1.29 is 9.59 Å². The Hall–Kier alpha value is -3.32. The van der Waals surface area contributed by atoms with E-state index in [1.807, 2.05) is 32.0 Å². The highest BCUT2D eigenvalue weighted by Gasteiger charge is 2.23. The van der Waals surface area contributed by atoms with Crippen molar-refractivity contribution in [3.05, 3.63) is 70.4 Å². The van der Waals surface area contributed by atoms with Gasteiger partial charge in [0.15, 0.2) is 0 Å². The number of benzene rings is 2. The number of nitrogens with zero attached hydrogens (tertiary/aromatic N) is 3. The van der Waals surface area contributed by atoms with Gasteiger partial charge in [0.2, 0.25) is 5.91 Å². The van der Waals surface area contributed by atoms with Crippen molar-refractivity contribution >= 4 is 35.0 Å². The number of nitrogens with one attached hydrogen (secondary N) is 2. The van der Waals surface area contributed by atoms with E-state index in [4.69, 9.17) is 16.7 Å². The normalized spacial score (nSPS) is 11.3. The summed E-state index contributed by atoms with van der Waals surface area (Å²) in [6, 6.07) is 14.6. The Morgan fingerprint density at radius 1 is 1.00 bits per heavy atom. The Morgan fingerprint density at radius 3 is 2.32 bits per heavy atom. The lowest BCUT2D eigenvalue weighted by Crippen LogP contribution is -2.41. The third-order valence-corrected chi connectivity index (χ3v) is 6.33. The molecule has 0 bridgehead atoms. The Bertz CT molecular complexity index is 1230. The molecule has 3 rings (SSSR count). The van der Waals surface area contributed by atoms with Gasteiger partial charge in [-0.3, -0.25) is 4.79 Å². The van der Waals surface area contributed by atoms with E-state index in [-0.39, 0.29) is 23.9 Å². The fourth-order valence-corrected chi connectivity index (χ4v) is 4.09. The molecule has 2 N–H and O–H groups in total. The Labute approximate surface area is 225 Å². The zero-order chi connectivity index (χ0) is 27.2. The van der Waals surface area contributed by atoms with Crippen LogP contribution in [0.25, 0.3) is 5.69 Å². The summed E-state index contributed by atoms with van der Waals surface area (Å²) >= 11 is 5.96. The second-order valence-corrected chi connectivity index (χ2v) is 10.9. The SMILES string of the molecule is CCCCCN(CC(=O)Nc1cc(C(C)(C)C)nn1-c1ccc(C)cc1C)C(=O)Nc1ccc(Cl)cc1. The molecule has 3 aromatic rings. The van der Waals surface area contributed by atoms with Crippen LogP contribution in [0.2, 0.25) is 5.02 Å². The standard InChI is InChI=1S/C29H38ClN5O2/c1-7-8-9-16-34(28(37)31-23-13-11-22(30)12-14-23)19-27(36)32-26-18-25(29(4,5)6)33-35(26)24-15-10-20(2)17-21(24)3/h10-15,17-18H,7-9,16,19H2,1-6H3,(H,31,37)(H,32,36). The van der Waals surface area contributed by atoms with E-state index in [0.717, 1.165) is 41.8 Å². The van der Waals surface area contributed by atoms with Crippen LogP contribution < -0.4 is 10.6 Å². The van der Waals surface area contributed by atoms with Crippen LogP contribution in [0, 0.1) is 13.8 Å². The van der Waals surface area contributed by atoms with Gasteiger partial charge < -0.3 is 15.5 Å². The van der Waals surface area contributed by atoms with Crippen molar-refractivity contribution in [2.45, 2.75) is 66.2 Å². The first kappa shape index (κ1) is 28.3. The molecule has 0 saturated carbocycles. The summed E-state index contributed by atoms with van der Waals surface area (Å²) < 4.78 is 1.78. The minimum absolute atomic E-state index is 0.0773. The first-order valence-electron chi connectivity index (χ1n) is 12.8. The molecule has 0 saturated heterocycles. The second-order valence-electron chi connectivity index (χ2n) is 10.5. The van der Waals surface area contributed by atoms with Crippen molar-refractivity contribution in [3.8, 4) is 5.69 Å². The van der Waals surface area contributed by atoms with Crippen molar-refractivity contribution in [1.82, 2.24) is 14.7 Å². The fourth-order valence-electron chi connectivity index (χ4n) is 3.96. The van der Waals surface area contributed by atoms with E-state index >= 15 is 0 Å². The number of aromatic nitrogens is 2. The van der Waals surface area contributed by atoms with Crippen LogP contribution in [0.15, 0.2) is 48.5 Å². The Kier molecular flexibility index (Phi) is 9.38. The molecule has 0 aliphatic heterocycles. The molecule has 7 nitrogen and oxygen atoms in total. The highest BCUT2D eigenvalue weighted by molar-refractivity contribution is 6.30. The Morgan fingerprint density at radius 2 is 1.70 bits per heavy atom. The zero-order valence-corrected chi connectivity index (χ0v) is 23.4. The summed E-state index contributed by atoms with van der Waals surface area (Å²) in [4.78, 5) is 27.9. The highest BCUT2D eigenvalue weighted by atomic mass is 35.5. The number of carbonyl (C=O) groups excluding carboxylic acids is 2. The summed E-state index contributed by atoms with van der Waals surface area (Å²) in [7, 11) is 0. The van der Waals surface area contributed by atoms with Gasteiger partial charge in [-0.15, -0.1) is 0 Å². The topological polar surface area (TPSA) is 79.3 Å². The molecule has 0 fully saturated rings. The summed E-state index contributed by atoms with van der Waals surface area (Å²) in [6.45, 7) is 12.8. The monoisotopic (exact) mass is 523 g/mol. The molecule has 2 aromatic carbocycles. The van der Waals surface area contributed by atoms with Gasteiger partial charge >= 0.3 is 6.03 Å². The average Bonchev–Trinajstić information content (AvgIpc) is 3.24. The lowest BCUT2D eigenvalue weighted by atomic mass is 9.92. The first-order chi connectivity index (χ1) is 17.5. The predicted octanol–water partition coefficient (Wildman–Crippen LogP) is 7.10. The molecule has 1 heterocycles. The van der Waals surface area contributed by atoms with Crippen LogP contribution >= 0.6 is 11.6 Å². The van der Waals surface area contributed by atoms with E-state index in [0.29, 0.717) is 23.1 Å². The van der Waals surface area contributed by atoms with E-state index in [9.17, 15) is 9.59 Å². The molecule has 0 aliphatic carbocycles. The quantitative estimate of drug-likeness (QED) is 0.293. The molecule has 37 heavy (non-hydrogen) atoms. The lowest BCUT2D eigenvalue weighted by molar-refractivity contribution is -0.116. The third kappa shape index (κ3) is 7.83.